The lowest BCUT2D eigenvalue weighted by molar-refractivity contribution is -0.148. The number of rotatable bonds is 6. The van der Waals surface area contributed by atoms with Crippen LogP contribution < -0.4 is 5.32 Å². The fourth-order valence-electron chi connectivity index (χ4n) is 1.57. The van der Waals surface area contributed by atoms with Gasteiger partial charge in [0.2, 0.25) is 11.7 Å². The molecule has 1 heterocycles. The molecule has 7 nitrogen and oxygen atoms in total. The van der Waals surface area contributed by atoms with Crippen molar-refractivity contribution in [3.8, 4) is 11.4 Å². The number of likely N-dealkylation sites (N-methyl/N-ethyl adjacent to an activating group) is 1. The van der Waals surface area contributed by atoms with Crippen molar-refractivity contribution >= 4 is 23.5 Å². The maximum atomic E-state index is 11.4. The molecule has 0 aliphatic heterocycles. The number of aromatic nitrogens is 2. The van der Waals surface area contributed by atoms with Crippen molar-refractivity contribution < 1.29 is 18.8 Å². The van der Waals surface area contributed by atoms with Gasteiger partial charge in [0.25, 0.3) is 5.91 Å². The number of esters is 1. The minimum atomic E-state index is -0.505. The number of halogens is 1. The molecular formula is C14H14ClN3O4. The van der Waals surface area contributed by atoms with Gasteiger partial charge in [-0.1, -0.05) is 16.8 Å². The number of nitrogens with one attached hydrogen (secondary N) is 1. The molecule has 1 N–H and O–H groups in total. The average Bonchev–Trinajstić information content (AvgIpc) is 3.00. The third kappa shape index (κ3) is 4.56. The Bertz CT molecular complexity index is 654. The van der Waals surface area contributed by atoms with Gasteiger partial charge < -0.3 is 14.6 Å². The summed E-state index contributed by atoms with van der Waals surface area (Å²) in [6.45, 7) is -0.296. The predicted octanol–water partition coefficient (Wildman–Crippen LogP) is 1.61. The Morgan fingerprint density at radius 2 is 2.05 bits per heavy atom. The van der Waals surface area contributed by atoms with E-state index in [4.69, 9.17) is 20.9 Å². The molecule has 1 aromatic carbocycles. The molecule has 2 aromatic rings. The second-order valence-electron chi connectivity index (χ2n) is 4.35. The molecule has 0 aliphatic rings. The number of hydrogen-bond donors (Lipinski definition) is 1. The Morgan fingerprint density at radius 3 is 2.73 bits per heavy atom. The van der Waals surface area contributed by atoms with Gasteiger partial charge in [-0.05, 0) is 24.3 Å². The summed E-state index contributed by atoms with van der Waals surface area (Å²) in [7, 11) is 1.47. The van der Waals surface area contributed by atoms with Crippen LogP contribution in [0.15, 0.2) is 28.8 Å². The number of benzene rings is 1. The number of hydrogen-bond acceptors (Lipinski definition) is 6. The Labute approximate surface area is 131 Å². The monoisotopic (exact) mass is 323 g/mol. The van der Waals surface area contributed by atoms with E-state index in [2.05, 4.69) is 15.5 Å². The van der Waals surface area contributed by atoms with Crippen LogP contribution >= 0.6 is 11.6 Å². The molecule has 0 unspecified atom stereocenters. The van der Waals surface area contributed by atoms with Gasteiger partial charge in [-0.15, -0.1) is 0 Å². The van der Waals surface area contributed by atoms with Crippen molar-refractivity contribution in [3.05, 3.63) is 35.2 Å². The highest BCUT2D eigenvalue weighted by Gasteiger charge is 2.12. The van der Waals surface area contributed by atoms with Crippen LogP contribution in [-0.2, 0) is 20.7 Å². The number of carbonyl (C=O) groups is 2. The van der Waals surface area contributed by atoms with Crippen LogP contribution in [0.5, 0.6) is 0 Å². The van der Waals surface area contributed by atoms with Crippen LogP contribution in [0.3, 0.4) is 0 Å². The minimum absolute atomic E-state index is 0.0548. The third-order valence-electron chi connectivity index (χ3n) is 2.76. The van der Waals surface area contributed by atoms with Gasteiger partial charge in [0.05, 0.1) is 6.42 Å². The van der Waals surface area contributed by atoms with E-state index >= 15 is 0 Å². The van der Waals surface area contributed by atoms with E-state index in [0.29, 0.717) is 16.7 Å². The van der Waals surface area contributed by atoms with E-state index in [0.717, 1.165) is 5.56 Å². The normalized spacial score (nSPS) is 10.3. The molecule has 0 atom stereocenters. The first kappa shape index (κ1) is 16.0. The second kappa shape index (κ2) is 7.56. The largest absolute Gasteiger partial charge is 0.456 e. The number of nitrogens with zero attached hydrogens (tertiary/aromatic N) is 2. The highest BCUT2D eigenvalue weighted by atomic mass is 35.5. The Morgan fingerprint density at radius 1 is 1.32 bits per heavy atom. The van der Waals surface area contributed by atoms with Crippen molar-refractivity contribution in [2.24, 2.45) is 0 Å². The fourth-order valence-corrected chi connectivity index (χ4v) is 1.70. The van der Waals surface area contributed by atoms with E-state index in [1.807, 2.05) is 0 Å². The molecule has 116 valence electrons. The molecule has 1 amide bonds. The topological polar surface area (TPSA) is 94.3 Å². The van der Waals surface area contributed by atoms with Gasteiger partial charge in [-0.25, -0.2) is 0 Å². The zero-order valence-corrected chi connectivity index (χ0v) is 12.6. The van der Waals surface area contributed by atoms with Crippen molar-refractivity contribution in [2.75, 3.05) is 13.7 Å². The fraction of sp³-hybridized carbons (Fsp3) is 0.286. The van der Waals surface area contributed by atoms with Gasteiger partial charge in [0, 0.05) is 24.1 Å². The van der Waals surface area contributed by atoms with Gasteiger partial charge in [-0.3, -0.25) is 9.59 Å². The molecule has 8 heteroatoms. The molecule has 22 heavy (non-hydrogen) atoms. The zero-order chi connectivity index (χ0) is 15.9. The van der Waals surface area contributed by atoms with E-state index in [9.17, 15) is 9.59 Å². The summed E-state index contributed by atoms with van der Waals surface area (Å²) in [5.41, 5.74) is 0.765. The van der Waals surface area contributed by atoms with Crippen molar-refractivity contribution in [1.29, 1.82) is 0 Å². The molecule has 1 aromatic heterocycles. The summed E-state index contributed by atoms with van der Waals surface area (Å²) in [6.07, 6.45) is 0.298. The first-order valence-electron chi connectivity index (χ1n) is 6.53. The molecule has 0 fully saturated rings. The predicted molar refractivity (Wildman–Crippen MR) is 78.1 cm³/mol. The van der Waals surface area contributed by atoms with Gasteiger partial charge in [0.15, 0.2) is 6.61 Å². The quantitative estimate of drug-likeness (QED) is 0.812. The number of amides is 1. The van der Waals surface area contributed by atoms with Gasteiger partial charge in [0.1, 0.15) is 0 Å². The SMILES string of the molecule is CNC(=O)COC(=O)CCc1nc(-c2ccc(Cl)cc2)no1. The summed E-state index contributed by atoms with van der Waals surface area (Å²) in [5.74, 6) is -0.127. The first-order chi connectivity index (χ1) is 10.6. The molecule has 0 aliphatic carbocycles. The number of ether oxygens (including phenoxy) is 1. The van der Waals surface area contributed by atoms with Crippen LogP contribution in [0.25, 0.3) is 11.4 Å². The summed E-state index contributed by atoms with van der Waals surface area (Å²) >= 11 is 5.81. The molecule has 0 bridgehead atoms. The summed E-state index contributed by atoms with van der Waals surface area (Å²) < 4.78 is 9.83. The van der Waals surface area contributed by atoms with Crippen LogP contribution in [0.2, 0.25) is 5.02 Å². The van der Waals surface area contributed by atoms with E-state index in [1.165, 1.54) is 7.05 Å². The standard InChI is InChI=1S/C14H14ClN3O4/c1-16-11(19)8-21-13(20)7-6-12-17-14(18-22-12)9-2-4-10(15)5-3-9/h2-5H,6-8H2,1H3,(H,16,19). The maximum absolute atomic E-state index is 11.4. The Hall–Kier alpha value is -2.41. The van der Waals surface area contributed by atoms with E-state index in [-0.39, 0.29) is 25.4 Å². The van der Waals surface area contributed by atoms with Crippen LogP contribution in [0.1, 0.15) is 12.3 Å². The maximum Gasteiger partial charge on any atom is 0.306 e. The number of aryl methyl sites for hydroxylation is 1. The number of carbonyl (C=O) groups excluding carboxylic acids is 2. The van der Waals surface area contributed by atoms with Crippen molar-refractivity contribution in [2.45, 2.75) is 12.8 Å². The molecule has 0 saturated carbocycles. The molecular weight excluding hydrogens is 310 g/mol. The summed E-state index contributed by atoms with van der Waals surface area (Å²) in [6, 6.07) is 7.00. The summed E-state index contributed by atoms with van der Waals surface area (Å²) in [4.78, 5) is 26.6. The Kier molecular flexibility index (Phi) is 5.48. The Balaban J connectivity index is 1.86. The van der Waals surface area contributed by atoms with Crippen molar-refractivity contribution in [1.82, 2.24) is 15.5 Å². The van der Waals surface area contributed by atoms with Crippen LogP contribution in [-0.4, -0.2) is 35.7 Å². The van der Waals surface area contributed by atoms with E-state index < -0.39 is 5.97 Å². The molecule has 0 spiro atoms. The van der Waals surface area contributed by atoms with Crippen molar-refractivity contribution in [3.63, 3.8) is 0 Å². The van der Waals surface area contributed by atoms with E-state index in [1.54, 1.807) is 24.3 Å². The van der Waals surface area contributed by atoms with Gasteiger partial charge in [-0.2, -0.15) is 4.98 Å². The zero-order valence-electron chi connectivity index (χ0n) is 11.8. The molecule has 0 saturated heterocycles. The first-order valence-corrected chi connectivity index (χ1v) is 6.91. The second-order valence-corrected chi connectivity index (χ2v) is 4.79. The van der Waals surface area contributed by atoms with Gasteiger partial charge >= 0.3 is 5.97 Å². The highest BCUT2D eigenvalue weighted by molar-refractivity contribution is 6.30. The lowest BCUT2D eigenvalue weighted by Gasteiger charge is -2.01. The average molecular weight is 324 g/mol. The molecule has 0 radical (unpaired) electrons. The third-order valence-corrected chi connectivity index (χ3v) is 3.01. The molecule has 2 rings (SSSR count). The lowest BCUT2D eigenvalue weighted by atomic mass is 10.2. The van der Waals surface area contributed by atoms with Crippen LogP contribution in [0, 0.1) is 0 Å². The smallest absolute Gasteiger partial charge is 0.306 e. The highest BCUT2D eigenvalue weighted by Crippen LogP contribution is 2.18. The minimum Gasteiger partial charge on any atom is -0.456 e. The van der Waals surface area contributed by atoms with Crippen LogP contribution in [0.4, 0.5) is 0 Å². The summed E-state index contributed by atoms with van der Waals surface area (Å²) in [5, 5.41) is 6.81. The lowest BCUT2D eigenvalue weighted by Crippen LogP contribution is -2.25.